The molecule has 2 heterocycles. The van der Waals surface area contributed by atoms with Crippen molar-refractivity contribution in [1.82, 2.24) is 15.2 Å². The number of hydrogen-bond donors (Lipinski definition) is 2. The molecule has 5 rings (SSSR count). The number of nitriles is 1. The second-order valence-corrected chi connectivity index (χ2v) is 8.02. The molecule has 1 aliphatic rings. The van der Waals surface area contributed by atoms with Crippen LogP contribution >= 0.6 is 0 Å². The Hall–Kier alpha value is -4.44. The molecule has 1 aliphatic carbocycles. The molecular formula is C26H21N5O2. The minimum absolute atomic E-state index is 0.237. The van der Waals surface area contributed by atoms with Gasteiger partial charge in [-0.2, -0.15) is 5.26 Å². The lowest BCUT2D eigenvalue weighted by Crippen LogP contribution is -2.36. The van der Waals surface area contributed by atoms with E-state index < -0.39 is 5.76 Å². The molecule has 33 heavy (non-hydrogen) atoms. The lowest BCUT2D eigenvalue weighted by atomic mass is 9.87. The number of hydrogen-bond acceptors (Lipinski definition) is 6. The summed E-state index contributed by atoms with van der Waals surface area (Å²) in [4.78, 5) is 15.8. The summed E-state index contributed by atoms with van der Waals surface area (Å²) in [5, 5.41) is 20.5. The van der Waals surface area contributed by atoms with Crippen molar-refractivity contribution in [1.29, 1.82) is 5.26 Å². The number of rotatable bonds is 5. The highest BCUT2D eigenvalue weighted by Gasteiger charge is 2.27. The molecule has 162 valence electrons. The van der Waals surface area contributed by atoms with Crippen molar-refractivity contribution in [2.45, 2.75) is 25.3 Å². The summed E-state index contributed by atoms with van der Waals surface area (Å²) in [7, 11) is 0. The summed E-state index contributed by atoms with van der Waals surface area (Å²) in [5.41, 5.74) is 4.39. The number of fused-ring (bicyclic) bond motifs is 1. The Kier molecular flexibility index (Phi) is 5.11. The number of anilines is 1. The average molecular weight is 435 g/mol. The van der Waals surface area contributed by atoms with E-state index in [1.165, 1.54) is 0 Å². The molecule has 0 fully saturated rings. The van der Waals surface area contributed by atoms with Gasteiger partial charge in [0, 0.05) is 17.1 Å². The Balaban J connectivity index is 1.63. The molecule has 4 aromatic rings. The van der Waals surface area contributed by atoms with Gasteiger partial charge >= 0.3 is 5.76 Å². The minimum Gasteiger partial charge on any atom is -0.388 e. The van der Waals surface area contributed by atoms with Gasteiger partial charge in [0.15, 0.2) is 0 Å². The number of pyridine rings is 1. The Bertz CT molecular complexity index is 1510. The van der Waals surface area contributed by atoms with Gasteiger partial charge in [-0.05, 0) is 48.2 Å². The fourth-order valence-corrected chi connectivity index (χ4v) is 4.13. The van der Waals surface area contributed by atoms with Crippen LogP contribution in [0.25, 0.3) is 33.5 Å². The normalized spacial score (nSPS) is 17.2. The van der Waals surface area contributed by atoms with E-state index in [9.17, 15) is 10.1 Å². The van der Waals surface area contributed by atoms with Crippen LogP contribution in [0.4, 0.5) is 5.69 Å². The van der Waals surface area contributed by atoms with E-state index in [1.807, 2.05) is 54.6 Å². The Morgan fingerprint density at radius 3 is 2.76 bits per heavy atom. The number of aromatic nitrogens is 3. The van der Waals surface area contributed by atoms with Crippen LogP contribution in [-0.4, -0.2) is 20.7 Å². The van der Waals surface area contributed by atoms with Crippen LogP contribution in [0.15, 0.2) is 82.2 Å². The highest BCUT2D eigenvalue weighted by molar-refractivity contribution is 5.97. The van der Waals surface area contributed by atoms with Gasteiger partial charge in [0.2, 0.25) is 5.89 Å². The van der Waals surface area contributed by atoms with Crippen LogP contribution in [0.1, 0.15) is 25.3 Å². The SMILES string of the molecule is CCC1(Nc2c(C#N)cnc3ccc(-c4cccc(-c5n[nH]c(=O)o5)c4)cc23)C=CC=CC1. The maximum absolute atomic E-state index is 11.3. The standard InChI is InChI=1S/C26H21N5O2/c1-2-26(11-4-3-5-12-26)29-23-20(15-27)16-28-22-10-9-18(14-21(22)23)17-7-6-8-19(13-17)24-30-31-25(32)33-24/h3-11,13-14,16H,2,12H2,1H3,(H,28,29)(H,31,32). The predicted octanol–water partition coefficient (Wildman–Crippen LogP) is 5.19. The number of nitrogens with zero attached hydrogens (tertiary/aromatic N) is 3. The number of allylic oxidation sites excluding steroid dienone is 2. The fourth-order valence-electron chi connectivity index (χ4n) is 4.13. The summed E-state index contributed by atoms with van der Waals surface area (Å²) in [6.45, 7) is 2.14. The summed E-state index contributed by atoms with van der Waals surface area (Å²) in [6.07, 6.45) is 11.7. The average Bonchev–Trinajstić information content (AvgIpc) is 3.31. The first kappa shape index (κ1) is 20.5. The first-order chi connectivity index (χ1) is 16.1. The van der Waals surface area contributed by atoms with Crippen molar-refractivity contribution < 1.29 is 4.42 Å². The molecule has 1 unspecified atom stereocenters. The molecule has 0 amide bonds. The van der Waals surface area contributed by atoms with Crippen LogP contribution in [0.2, 0.25) is 0 Å². The summed E-state index contributed by atoms with van der Waals surface area (Å²) in [5.74, 6) is -0.358. The van der Waals surface area contributed by atoms with Crippen molar-refractivity contribution in [3.8, 4) is 28.7 Å². The maximum atomic E-state index is 11.3. The summed E-state index contributed by atoms with van der Waals surface area (Å²) < 4.78 is 5.10. The van der Waals surface area contributed by atoms with Crippen molar-refractivity contribution in [3.05, 3.63) is 89.1 Å². The minimum atomic E-state index is -0.594. The molecule has 1 atom stereocenters. The van der Waals surface area contributed by atoms with Crippen molar-refractivity contribution >= 4 is 16.6 Å². The van der Waals surface area contributed by atoms with Crippen molar-refractivity contribution in [3.63, 3.8) is 0 Å². The predicted molar refractivity (Wildman–Crippen MR) is 128 cm³/mol. The number of aromatic amines is 1. The van der Waals surface area contributed by atoms with E-state index >= 15 is 0 Å². The molecule has 7 nitrogen and oxygen atoms in total. The third-order valence-corrected chi connectivity index (χ3v) is 6.02. The molecule has 2 N–H and O–H groups in total. The molecule has 0 aliphatic heterocycles. The highest BCUT2D eigenvalue weighted by atomic mass is 16.4. The quantitative estimate of drug-likeness (QED) is 0.446. The topological polar surface area (TPSA) is 108 Å². The zero-order chi connectivity index (χ0) is 22.8. The van der Waals surface area contributed by atoms with Gasteiger partial charge < -0.3 is 9.73 Å². The van der Waals surface area contributed by atoms with Gasteiger partial charge in [-0.15, -0.1) is 5.10 Å². The number of H-pyrrole nitrogens is 1. The lowest BCUT2D eigenvalue weighted by Gasteiger charge is -2.33. The van der Waals surface area contributed by atoms with E-state index in [2.05, 4.69) is 45.6 Å². The smallest absolute Gasteiger partial charge is 0.388 e. The fraction of sp³-hybridized carbons (Fsp3) is 0.154. The lowest BCUT2D eigenvalue weighted by molar-refractivity contribution is 0.527. The third-order valence-electron chi connectivity index (χ3n) is 6.02. The van der Waals surface area contributed by atoms with E-state index in [4.69, 9.17) is 4.42 Å². The van der Waals surface area contributed by atoms with E-state index in [0.717, 1.165) is 40.6 Å². The second-order valence-electron chi connectivity index (χ2n) is 8.02. The molecular weight excluding hydrogens is 414 g/mol. The zero-order valence-corrected chi connectivity index (χ0v) is 18.0. The van der Waals surface area contributed by atoms with Gasteiger partial charge in [-0.3, -0.25) is 4.98 Å². The maximum Gasteiger partial charge on any atom is 0.434 e. The van der Waals surface area contributed by atoms with Crippen LogP contribution in [0.3, 0.4) is 0 Å². The van der Waals surface area contributed by atoms with Crippen LogP contribution in [0, 0.1) is 11.3 Å². The number of nitrogens with one attached hydrogen (secondary N) is 2. The Morgan fingerprint density at radius 2 is 2.03 bits per heavy atom. The van der Waals surface area contributed by atoms with Gasteiger partial charge in [0.1, 0.15) is 6.07 Å². The Morgan fingerprint density at radius 1 is 1.18 bits per heavy atom. The number of benzene rings is 2. The third kappa shape index (κ3) is 3.83. The first-order valence-electron chi connectivity index (χ1n) is 10.7. The zero-order valence-electron chi connectivity index (χ0n) is 18.0. The first-order valence-corrected chi connectivity index (χ1v) is 10.7. The molecule has 0 saturated heterocycles. The second kappa shape index (κ2) is 8.24. The highest BCUT2D eigenvalue weighted by Crippen LogP contribution is 2.35. The van der Waals surface area contributed by atoms with Crippen molar-refractivity contribution in [2.24, 2.45) is 0 Å². The van der Waals surface area contributed by atoms with E-state index in [0.29, 0.717) is 11.1 Å². The monoisotopic (exact) mass is 435 g/mol. The van der Waals surface area contributed by atoms with Crippen LogP contribution < -0.4 is 11.1 Å². The molecule has 2 aromatic carbocycles. The van der Waals surface area contributed by atoms with Gasteiger partial charge in [0.25, 0.3) is 0 Å². The van der Waals surface area contributed by atoms with Crippen LogP contribution in [-0.2, 0) is 0 Å². The molecule has 2 aromatic heterocycles. The summed E-state index contributed by atoms with van der Waals surface area (Å²) in [6, 6.07) is 15.9. The van der Waals surface area contributed by atoms with Gasteiger partial charge in [-0.25, -0.2) is 9.89 Å². The molecule has 0 spiro atoms. The molecule has 0 saturated carbocycles. The summed E-state index contributed by atoms with van der Waals surface area (Å²) >= 11 is 0. The molecule has 0 bridgehead atoms. The largest absolute Gasteiger partial charge is 0.434 e. The van der Waals surface area contributed by atoms with Crippen molar-refractivity contribution in [2.75, 3.05) is 5.32 Å². The van der Waals surface area contributed by atoms with Gasteiger partial charge in [-0.1, -0.05) is 49.4 Å². The van der Waals surface area contributed by atoms with Gasteiger partial charge in [0.05, 0.1) is 22.3 Å². The molecule has 0 radical (unpaired) electrons. The van der Waals surface area contributed by atoms with E-state index in [1.54, 1.807) is 6.20 Å². The van der Waals surface area contributed by atoms with Crippen LogP contribution in [0.5, 0.6) is 0 Å². The Labute approximate surface area is 190 Å². The van der Waals surface area contributed by atoms with E-state index in [-0.39, 0.29) is 11.4 Å². The molecule has 7 heteroatoms.